The van der Waals surface area contributed by atoms with Crippen molar-refractivity contribution in [1.82, 2.24) is 5.06 Å². The van der Waals surface area contributed by atoms with Crippen LogP contribution in [-0.2, 0) is 23.8 Å². The molecule has 0 aromatic rings. The Hall–Kier alpha value is -0.240. The molecule has 4 rings (SSSR count). The molecule has 6 nitrogen and oxygen atoms in total. The summed E-state index contributed by atoms with van der Waals surface area (Å²) in [7, 11) is 0. The number of nitrogens with zero attached hydrogens (tertiary/aromatic N) is 1. The summed E-state index contributed by atoms with van der Waals surface area (Å²) >= 11 is 0. The van der Waals surface area contributed by atoms with E-state index in [9.17, 15) is 0 Å². The van der Waals surface area contributed by atoms with Gasteiger partial charge in [-0.2, -0.15) is 5.06 Å². The van der Waals surface area contributed by atoms with Crippen LogP contribution in [0, 0.1) is 10.8 Å². The summed E-state index contributed by atoms with van der Waals surface area (Å²) in [6, 6.07) is 0. The highest BCUT2D eigenvalue weighted by molar-refractivity contribution is 5.17. The molecule has 0 aromatic heterocycles. The van der Waals surface area contributed by atoms with Crippen LogP contribution in [0.4, 0.5) is 0 Å². The Morgan fingerprint density at radius 1 is 0.750 bits per heavy atom. The molecule has 1 heterocycles. The van der Waals surface area contributed by atoms with Crippen LogP contribution < -0.4 is 0 Å². The fraction of sp³-hybridized carbons (Fsp3) is 1.00. The van der Waals surface area contributed by atoms with Crippen molar-refractivity contribution in [2.24, 2.45) is 10.8 Å². The van der Waals surface area contributed by atoms with Gasteiger partial charge in [0.05, 0.1) is 70.0 Å². The van der Waals surface area contributed by atoms with Crippen molar-refractivity contribution in [2.75, 3.05) is 52.7 Å². The molecule has 1 aliphatic heterocycles. The summed E-state index contributed by atoms with van der Waals surface area (Å²) in [6.45, 7) is 18.6. The smallest absolute Gasteiger partial charge is 0.0882 e. The summed E-state index contributed by atoms with van der Waals surface area (Å²) in [5, 5.41) is 2.06. The lowest BCUT2D eigenvalue weighted by Gasteiger charge is -2.70. The number of rotatable bonds is 12. The van der Waals surface area contributed by atoms with Crippen LogP contribution in [0.25, 0.3) is 0 Å². The van der Waals surface area contributed by atoms with Crippen molar-refractivity contribution in [3.05, 3.63) is 0 Å². The third-order valence-electron chi connectivity index (χ3n) is 5.68. The third-order valence-corrected chi connectivity index (χ3v) is 5.68. The Labute approximate surface area is 171 Å². The average Bonchev–Trinajstić information content (AvgIpc) is 2.44. The van der Waals surface area contributed by atoms with Crippen LogP contribution >= 0.6 is 0 Å². The van der Waals surface area contributed by atoms with Gasteiger partial charge in [-0.15, -0.1) is 0 Å². The van der Waals surface area contributed by atoms with Gasteiger partial charge < -0.3 is 18.9 Å². The first-order chi connectivity index (χ1) is 13.0. The molecule has 0 spiro atoms. The molecule has 4 fully saturated rings. The van der Waals surface area contributed by atoms with Gasteiger partial charge in [0.15, 0.2) is 0 Å². The molecule has 28 heavy (non-hydrogen) atoms. The summed E-state index contributed by atoms with van der Waals surface area (Å²) < 4.78 is 23.0. The van der Waals surface area contributed by atoms with Crippen LogP contribution in [-0.4, -0.2) is 75.1 Å². The van der Waals surface area contributed by atoms with Crippen LogP contribution in [0.2, 0.25) is 0 Å². The van der Waals surface area contributed by atoms with E-state index in [1.807, 2.05) is 0 Å². The van der Waals surface area contributed by atoms with Crippen LogP contribution in [0.15, 0.2) is 0 Å². The Kier molecular flexibility index (Phi) is 6.80. The molecule has 0 radical (unpaired) electrons. The lowest BCUT2D eigenvalue weighted by molar-refractivity contribution is -0.321. The van der Waals surface area contributed by atoms with Crippen molar-refractivity contribution in [3.63, 3.8) is 0 Å². The molecule has 6 heteroatoms. The average molecular weight is 400 g/mol. The topological polar surface area (TPSA) is 49.4 Å². The first-order valence-electron chi connectivity index (χ1n) is 10.8. The minimum atomic E-state index is -0.0960. The van der Waals surface area contributed by atoms with E-state index < -0.39 is 0 Å². The second-order valence-corrected chi connectivity index (χ2v) is 11.1. The van der Waals surface area contributed by atoms with Crippen LogP contribution in [0.1, 0.15) is 60.8 Å². The Balaban J connectivity index is 1.15. The van der Waals surface area contributed by atoms with Crippen molar-refractivity contribution in [1.29, 1.82) is 0 Å². The van der Waals surface area contributed by atoms with Gasteiger partial charge in [0.1, 0.15) is 0 Å². The minimum Gasteiger partial charge on any atom is -0.378 e. The van der Waals surface area contributed by atoms with Gasteiger partial charge >= 0.3 is 0 Å². The predicted octanol–water partition coefficient (Wildman–Crippen LogP) is 3.44. The third kappa shape index (κ3) is 6.38. The molecule has 0 aromatic carbocycles. The van der Waals surface area contributed by atoms with E-state index in [2.05, 4.69) is 46.6 Å². The quantitative estimate of drug-likeness (QED) is 0.469. The molecule has 0 amide bonds. The molecule has 164 valence electrons. The van der Waals surface area contributed by atoms with Crippen LogP contribution in [0.3, 0.4) is 0 Å². The highest BCUT2D eigenvalue weighted by Crippen LogP contribution is 2.73. The summed E-state index contributed by atoms with van der Waals surface area (Å²) in [5.74, 6) is 0. The van der Waals surface area contributed by atoms with E-state index in [4.69, 9.17) is 23.8 Å². The molecule has 1 saturated heterocycles. The molecule has 0 N–H and O–H groups in total. The predicted molar refractivity (Wildman–Crippen MR) is 108 cm³/mol. The van der Waals surface area contributed by atoms with Gasteiger partial charge in [0.2, 0.25) is 0 Å². The van der Waals surface area contributed by atoms with Gasteiger partial charge in [-0.3, -0.25) is 4.84 Å². The first-order valence-corrected chi connectivity index (χ1v) is 10.8. The molecular weight excluding hydrogens is 358 g/mol. The zero-order chi connectivity index (χ0) is 20.5. The fourth-order valence-electron chi connectivity index (χ4n) is 4.76. The lowest BCUT2D eigenvalue weighted by Crippen LogP contribution is -2.66. The zero-order valence-electron chi connectivity index (χ0n) is 18.8. The highest BCUT2D eigenvalue weighted by Gasteiger charge is 2.67. The van der Waals surface area contributed by atoms with Gasteiger partial charge in [-0.05, 0) is 71.6 Å². The van der Waals surface area contributed by atoms with E-state index in [-0.39, 0.29) is 11.2 Å². The molecule has 4 aliphatic rings. The number of hydrogen-bond donors (Lipinski definition) is 0. The van der Waals surface area contributed by atoms with Gasteiger partial charge in [-0.25, -0.2) is 0 Å². The maximum absolute atomic E-state index is 6.00. The highest BCUT2D eigenvalue weighted by atomic mass is 16.7. The molecule has 3 aliphatic carbocycles. The Bertz CT molecular complexity index is 484. The van der Waals surface area contributed by atoms with E-state index in [0.29, 0.717) is 43.4 Å². The van der Waals surface area contributed by atoms with Crippen molar-refractivity contribution in [2.45, 2.75) is 78.1 Å². The molecule has 0 atom stereocenters. The summed E-state index contributed by atoms with van der Waals surface area (Å²) in [4.78, 5) is 6.00. The van der Waals surface area contributed by atoms with Crippen molar-refractivity contribution >= 4 is 0 Å². The van der Waals surface area contributed by atoms with Gasteiger partial charge in [0.25, 0.3) is 0 Å². The second-order valence-electron chi connectivity index (χ2n) is 11.1. The largest absolute Gasteiger partial charge is 0.378 e. The van der Waals surface area contributed by atoms with Crippen LogP contribution in [0.5, 0.6) is 0 Å². The Morgan fingerprint density at radius 2 is 1.32 bits per heavy atom. The summed E-state index contributed by atoms with van der Waals surface area (Å²) in [6.07, 6.45) is 4.05. The van der Waals surface area contributed by atoms with Gasteiger partial charge in [0, 0.05) is 0 Å². The van der Waals surface area contributed by atoms with Crippen molar-refractivity contribution in [3.8, 4) is 0 Å². The lowest BCUT2D eigenvalue weighted by atomic mass is 9.36. The number of hydrogen-bond acceptors (Lipinski definition) is 6. The van der Waals surface area contributed by atoms with E-state index in [1.54, 1.807) is 0 Å². The Morgan fingerprint density at radius 3 is 1.93 bits per heavy atom. The van der Waals surface area contributed by atoms with E-state index in [0.717, 1.165) is 26.3 Å². The normalized spacial score (nSPS) is 30.6. The zero-order valence-corrected chi connectivity index (χ0v) is 18.8. The van der Waals surface area contributed by atoms with Crippen molar-refractivity contribution < 1.29 is 23.8 Å². The van der Waals surface area contributed by atoms with E-state index in [1.165, 1.54) is 19.3 Å². The maximum atomic E-state index is 6.00. The first kappa shape index (κ1) is 22.4. The molecule has 2 bridgehead atoms. The SMILES string of the molecule is CC(C)(C)OCCOCCOCC12CC(CON3CC(OC(C)(C)C)C3)(C1)C2. The van der Waals surface area contributed by atoms with Gasteiger partial charge in [-0.1, -0.05) is 0 Å². The standard InChI is InChI=1S/C22H41NO5/c1-19(2,3)26-10-9-24-7-8-25-16-21-13-22(14-21,15-21)17-27-23-11-18(12-23)28-20(4,5)6/h18H,7-17H2,1-6H3. The maximum Gasteiger partial charge on any atom is 0.0882 e. The molecular formula is C22H41NO5. The fourth-order valence-corrected chi connectivity index (χ4v) is 4.76. The monoisotopic (exact) mass is 399 g/mol. The van der Waals surface area contributed by atoms with E-state index >= 15 is 0 Å². The number of ether oxygens (including phenoxy) is 4. The minimum absolute atomic E-state index is 0.0672. The number of hydroxylamine groups is 2. The molecule has 0 unspecified atom stereocenters. The second kappa shape index (κ2) is 8.48. The summed E-state index contributed by atoms with van der Waals surface area (Å²) in [5.41, 5.74) is 0.676. The molecule has 3 saturated carbocycles.